The predicted molar refractivity (Wildman–Crippen MR) is 53.5 cm³/mol. The standard InChI is InChI=1S/C10H15F2NO4/c11-10(12,5-14)4-13-8(15)6-2-1-3-7(6)9(16)17/h6-7,14H,1-5H2,(H,13,15)(H,16,17)/t6-,7+/m1/s1. The number of aliphatic carboxylic acids is 1. The molecule has 0 aromatic rings. The highest BCUT2D eigenvalue weighted by atomic mass is 19.3. The monoisotopic (exact) mass is 251 g/mol. The Morgan fingerprint density at radius 3 is 2.41 bits per heavy atom. The van der Waals surface area contributed by atoms with E-state index in [1.165, 1.54) is 0 Å². The molecule has 0 radical (unpaired) electrons. The molecule has 0 heterocycles. The summed E-state index contributed by atoms with van der Waals surface area (Å²) in [6.45, 7) is -2.31. The molecule has 98 valence electrons. The largest absolute Gasteiger partial charge is 0.481 e. The molecule has 2 atom stereocenters. The zero-order chi connectivity index (χ0) is 13.1. The molecule has 0 aliphatic heterocycles. The van der Waals surface area contributed by atoms with E-state index < -0.39 is 42.8 Å². The van der Waals surface area contributed by atoms with Crippen molar-refractivity contribution in [2.24, 2.45) is 11.8 Å². The number of halogens is 2. The minimum atomic E-state index is -3.37. The Kier molecular flexibility index (Phi) is 4.39. The second-order valence-electron chi connectivity index (χ2n) is 4.21. The average molecular weight is 251 g/mol. The number of aliphatic hydroxyl groups excluding tert-OH is 1. The van der Waals surface area contributed by atoms with Crippen molar-refractivity contribution in [1.29, 1.82) is 0 Å². The summed E-state index contributed by atoms with van der Waals surface area (Å²) in [6, 6.07) is 0. The smallest absolute Gasteiger partial charge is 0.307 e. The molecule has 0 aromatic carbocycles. The second kappa shape index (κ2) is 5.39. The first-order valence-electron chi connectivity index (χ1n) is 5.36. The van der Waals surface area contributed by atoms with Crippen LogP contribution in [0.1, 0.15) is 19.3 Å². The Hall–Kier alpha value is -1.24. The fourth-order valence-corrected chi connectivity index (χ4v) is 1.97. The van der Waals surface area contributed by atoms with Crippen LogP contribution in [0.4, 0.5) is 8.78 Å². The number of amides is 1. The lowest BCUT2D eigenvalue weighted by molar-refractivity contribution is -0.146. The van der Waals surface area contributed by atoms with Crippen molar-refractivity contribution in [3.8, 4) is 0 Å². The maximum atomic E-state index is 12.7. The Bertz CT molecular complexity index is 309. The molecular weight excluding hydrogens is 236 g/mol. The van der Waals surface area contributed by atoms with Gasteiger partial charge in [0.25, 0.3) is 5.92 Å². The third kappa shape index (κ3) is 3.62. The fourth-order valence-electron chi connectivity index (χ4n) is 1.97. The van der Waals surface area contributed by atoms with E-state index in [2.05, 4.69) is 0 Å². The summed E-state index contributed by atoms with van der Waals surface area (Å²) in [5, 5.41) is 19.1. The summed E-state index contributed by atoms with van der Waals surface area (Å²) in [6.07, 6.45) is 1.39. The van der Waals surface area contributed by atoms with E-state index in [1.807, 2.05) is 5.32 Å². The number of nitrogens with one attached hydrogen (secondary N) is 1. The number of hydrogen-bond donors (Lipinski definition) is 3. The van der Waals surface area contributed by atoms with Gasteiger partial charge in [0.1, 0.15) is 6.61 Å². The van der Waals surface area contributed by atoms with E-state index in [0.717, 1.165) is 0 Å². The molecule has 1 saturated carbocycles. The highest BCUT2D eigenvalue weighted by Crippen LogP contribution is 2.32. The van der Waals surface area contributed by atoms with Crippen LogP contribution < -0.4 is 5.32 Å². The van der Waals surface area contributed by atoms with Gasteiger partial charge in [0.15, 0.2) is 0 Å². The van der Waals surface area contributed by atoms with Gasteiger partial charge in [-0.3, -0.25) is 9.59 Å². The molecule has 1 amide bonds. The van der Waals surface area contributed by atoms with Crippen LogP contribution in [0.5, 0.6) is 0 Å². The van der Waals surface area contributed by atoms with Crippen LogP contribution in [-0.2, 0) is 9.59 Å². The normalized spacial score (nSPS) is 24.6. The van der Waals surface area contributed by atoms with Crippen LogP contribution in [0.2, 0.25) is 0 Å². The van der Waals surface area contributed by atoms with Gasteiger partial charge in [-0.05, 0) is 12.8 Å². The number of carbonyl (C=O) groups is 2. The quantitative estimate of drug-likeness (QED) is 0.653. The summed E-state index contributed by atoms with van der Waals surface area (Å²) in [5.74, 6) is -6.66. The van der Waals surface area contributed by atoms with E-state index in [4.69, 9.17) is 10.2 Å². The molecule has 1 aliphatic carbocycles. The van der Waals surface area contributed by atoms with Crippen LogP contribution in [0.15, 0.2) is 0 Å². The van der Waals surface area contributed by atoms with E-state index in [9.17, 15) is 18.4 Å². The Labute approximate surface area is 96.8 Å². The summed E-state index contributed by atoms with van der Waals surface area (Å²) in [7, 11) is 0. The molecule has 0 saturated heterocycles. The fraction of sp³-hybridized carbons (Fsp3) is 0.800. The first-order chi connectivity index (χ1) is 7.87. The minimum Gasteiger partial charge on any atom is -0.481 e. The van der Waals surface area contributed by atoms with Crippen LogP contribution in [0, 0.1) is 11.8 Å². The Morgan fingerprint density at radius 1 is 1.29 bits per heavy atom. The highest BCUT2D eigenvalue weighted by molar-refractivity contribution is 5.85. The first kappa shape index (κ1) is 13.8. The predicted octanol–water partition coefficient (Wildman–Crippen LogP) is 0.231. The number of rotatable bonds is 5. The topological polar surface area (TPSA) is 86.6 Å². The van der Waals surface area contributed by atoms with Crippen molar-refractivity contribution >= 4 is 11.9 Å². The van der Waals surface area contributed by atoms with Crippen molar-refractivity contribution in [3.63, 3.8) is 0 Å². The third-order valence-corrected chi connectivity index (χ3v) is 2.92. The van der Waals surface area contributed by atoms with Gasteiger partial charge >= 0.3 is 5.97 Å². The molecule has 1 aliphatic rings. The Balaban J connectivity index is 2.50. The molecule has 0 unspecified atom stereocenters. The van der Waals surface area contributed by atoms with Gasteiger partial charge in [-0.2, -0.15) is 0 Å². The van der Waals surface area contributed by atoms with Gasteiger partial charge in [0, 0.05) is 0 Å². The molecule has 0 bridgehead atoms. The Morgan fingerprint density at radius 2 is 1.88 bits per heavy atom. The van der Waals surface area contributed by atoms with Crippen molar-refractivity contribution in [2.75, 3.05) is 13.2 Å². The number of carbonyl (C=O) groups excluding carboxylic acids is 1. The van der Waals surface area contributed by atoms with Crippen LogP contribution in [0.3, 0.4) is 0 Å². The van der Waals surface area contributed by atoms with E-state index in [1.54, 1.807) is 0 Å². The van der Waals surface area contributed by atoms with Crippen molar-refractivity contribution in [1.82, 2.24) is 5.32 Å². The molecular formula is C10H15F2NO4. The third-order valence-electron chi connectivity index (χ3n) is 2.92. The van der Waals surface area contributed by atoms with Gasteiger partial charge in [-0.1, -0.05) is 6.42 Å². The molecule has 3 N–H and O–H groups in total. The molecule has 5 nitrogen and oxygen atoms in total. The number of hydrogen-bond acceptors (Lipinski definition) is 3. The summed E-state index contributed by atoms with van der Waals surface area (Å²) in [5.41, 5.74) is 0. The molecule has 0 aromatic heterocycles. The lowest BCUT2D eigenvalue weighted by Crippen LogP contribution is -2.43. The lowest BCUT2D eigenvalue weighted by Gasteiger charge is -2.18. The van der Waals surface area contributed by atoms with Crippen LogP contribution in [0.25, 0.3) is 0 Å². The number of alkyl halides is 2. The zero-order valence-electron chi connectivity index (χ0n) is 9.16. The van der Waals surface area contributed by atoms with Gasteiger partial charge < -0.3 is 15.5 Å². The van der Waals surface area contributed by atoms with E-state index in [0.29, 0.717) is 19.3 Å². The molecule has 17 heavy (non-hydrogen) atoms. The zero-order valence-corrected chi connectivity index (χ0v) is 9.16. The second-order valence-corrected chi connectivity index (χ2v) is 4.21. The lowest BCUT2D eigenvalue weighted by atomic mass is 9.95. The van der Waals surface area contributed by atoms with Crippen molar-refractivity contribution < 1.29 is 28.6 Å². The maximum Gasteiger partial charge on any atom is 0.307 e. The highest BCUT2D eigenvalue weighted by Gasteiger charge is 2.38. The SMILES string of the molecule is O=C(O)[C@H]1CCC[C@H]1C(=O)NCC(F)(F)CO. The average Bonchev–Trinajstić information content (AvgIpc) is 2.75. The molecule has 1 fully saturated rings. The van der Waals surface area contributed by atoms with Crippen molar-refractivity contribution in [2.45, 2.75) is 25.2 Å². The van der Waals surface area contributed by atoms with E-state index >= 15 is 0 Å². The van der Waals surface area contributed by atoms with Crippen LogP contribution in [-0.4, -0.2) is 41.2 Å². The first-order valence-corrected chi connectivity index (χ1v) is 5.36. The number of carboxylic acid groups (broad SMARTS) is 1. The summed E-state index contributed by atoms with van der Waals surface area (Å²) in [4.78, 5) is 22.3. The molecule has 1 rings (SSSR count). The summed E-state index contributed by atoms with van der Waals surface area (Å²) >= 11 is 0. The van der Waals surface area contributed by atoms with Gasteiger partial charge in [-0.15, -0.1) is 0 Å². The molecule has 7 heteroatoms. The van der Waals surface area contributed by atoms with Crippen molar-refractivity contribution in [3.05, 3.63) is 0 Å². The number of carboxylic acids is 1. The van der Waals surface area contributed by atoms with Crippen LogP contribution >= 0.6 is 0 Å². The number of aliphatic hydroxyl groups is 1. The summed E-state index contributed by atoms with van der Waals surface area (Å²) < 4.78 is 25.3. The molecule has 0 spiro atoms. The minimum absolute atomic E-state index is 0.393. The maximum absolute atomic E-state index is 12.7. The van der Waals surface area contributed by atoms with Gasteiger partial charge in [0.05, 0.1) is 18.4 Å². The van der Waals surface area contributed by atoms with Gasteiger partial charge in [-0.25, -0.2) is 8.78 Å². The van der Waals surface area contributed by atoms with E-state index in [-0.39, 0.29) is 0 Å². The van der Waals surface area contributed by atoms with Gasteiger partial charge in [0.2, 0.25) is 5.91 Å².